The first-order chi connectivity index (χ1) is 8.10. The molecule has 2 heterocycles. The second-order valence-corrected chi connectivity index (χ2v) is 5.05. The molecule has 1 fully saturated rings. The first-order valence-corrected chi connectivity index (χ1v) is 5.96. The number of hydrogen-bond acceptors (Lipinski definition) is 3. The SMILES string of the molecule is CN1CC2(CCCC2)Oc2[nH]c(C(=O)O)cc21. The van der Waals surface area contributed by atoms with E-state index >= 15 is 0 Å². The number of carboxylic acid groups (broad SMARTS) is 1. The number of rotatable bonds is 1. The molecule has 17 heavy (non-hydrogen) atoms. The van der Waals surface area contributed by atoms with E-state index in [0.717, 1.165) is 25.1 Å². The molecule has 3 rings (SSSR count). The summed E-state index contributed by atoms with van der Waals surface area (Å²) in [6, 6.07) is 1.64. The maximum absolute atomic E-state index is 10.9. The number of aromatic nitrogens is 1. The number of aromatic carboxylic acids is 1. The summed E-state index contributed by atoms with van der Waals surface area (Å²) < 4.78 is 6.02. The largest absolute Gasteiger partial charge is 0.477 e. The Morgan fingerprint density at radius 3 is 2.88 bits per heavy atom. The molecule has 1 aliphatic heterocycles. The molecule has 1 spiro atoms. The molecule has 0 aromatic carbocycles. The van der Waals surface area contributed by atoms with Crippen LogP contribution in [-0.2, 0) is 0 Å². The van der Waals surface area contributed by atoms with Gasteiger partial charge in [0.15, 0.2) is 0 Å². The Bertz CT molecular complexity index is 460. The Kier molecular flexibility index (Phi) is 2.11. The topological polar surface area (TPSA) is 65.6 Å². The van der Waals surface area contributed by atoms with Gasteiger partial charge in [-0.2, -0.15) is 0 Å². The molecule has 1 aliphatic carbocycles. The van der Waals surface area contributed by atoms with Gasteiger partial charge in [0, 0.05) is 7.05 Å². The molecule has 5 nitrogen and oxygen atoms in total. The number of aromatic amines is 1. The lowest BCUT2D eigenvalue weighted by atomic mass is 10.00. The smallest absolute Gasteiger partial charge is 0.352 e. The third kappa shape index (κ3) is 1.57. The fraction of sp³-hybridized carbons (Fsp3) is 0.583. The minimum Gasteiger partial charge on any atom is -0.477 e. The van der Waals surface area contributed by atoms with E-state index in [1.165, 1.54) is 12.8 Å². The average Bonchev–Trinajstić information content (AvgIpc) is 2.85. The number of fused-ring (bicyclic) bond motifs is 1. The molecule has 1 aromatic rings. The van der Waals surface area contributed by atoms with Gasteiger partial charge in [0.1, 0.15) is 17.0 Å². The summed E-state index contributed by atoms with van der Waals surface area (Å²) >= 11 is 0. The van der Waals surface area contributed by atoms with Crippen molar-refractivity contribution in [1.29, 1.82) is 0 Å². The molecular weight excluding hydrogens is 220 g/mol. The van der Waals surface area contributed by atoms with Gasteiger partial charge in [0.25, 0.3) is 0 Å². The first-order valence-electron chi connectivity index (χ1n) is 5.96. The predicted octanol–water partition coefficient (Wildman–Crippen LogP) is 1.85. The standard InChI is InChI=1S/C12H16N2O3/c1-14-7-12(4-2-3-5-12)17-10-9(14)6-8(13-10)11(15)16/h6,13H,2-5,7H2,1H3,(H,15,16). The minimum absolute atomic E-state index is 0.109. The molecular formula is C12H16N2O3. The summed E-state index contributed by atoms with van der Waals surface area (Å²) in [6.45, 7) is 0.844. The highest BCUT2D eigenvalue weighted by Crippen LogP contribution is 2.43. The van der Waals surface area contributed by atoms with Crippen LogP contribution < -0.4 is 9.64 Å². The second kappa shape index (κ2) is 3.42. The predicted molar refractivity (Wildman–Crippen MR) is 62.8 cm³/mol. The van der Waals surface area contributed by atoms with E-state index < -0.39 is 5.97 Å². The highest BCUT2D eigenvalue weighted by molar-refractivity contribution is 5.88. The number of H-pyrrole nitrogens is 1. The van der Waals surface area contributed by atoms with E-state index in [-0.39, 0.29) is 11.3 Å². The van der Waals surface area contributed by atoms with Gasteiger partial charge in [0.05, 0.1) is 6.54 Å². The highest BCUT2D eigenvalue weighted by Gasteiger charge is 2.42. The molecule has 1 aromatic heterocycles. The van der Waals surface area contributed by atoms with Gasteiger partial charge in [-0.05, 0) is 31.7 Å². The maximum atomic E-state index is 10.9. The number of nitrogens with zero attached hydrogens (tertiary/aromatic N) is 1. The Labute approximate surface area is 99.4 Å². The van der Waals surface area contributed by atoms with Crippen LogP contribution in [0, 0.1) is 0 Å². The Morgan fingerprint density at radius 1 is 1.53 bits per heavy atom. The molecule has 0 amide bonds. The molecule has 0 saturated heterocycles. The van der Waals surface area contributed by atoms with Crippen LogP contribution in [0.1, 0.15) is 36.2 Å². The minimum atomic E-state index is -0.947. The van der Waals surface area contributed by atoms with Gasteiger partial charge in [-0.15, -0.1) is 0 Å². The van der Waals surface area contributed by atoms with Crippen molar-refractivity contribution in [2.75, 3.05) is 18.5 Å². The number of anilines is 1. The van der Waals surface area contributed by atoms with Crippen molar-refractivity contribution < 1.29 is 14.6 Å². The van der Waals surface area contributed by atoms with Crippen LogP contribution >= 0.6 is 0 Å². The van der Waals surface area contributed by atoms with Crippen LogP contribution in [0.25, 0.3) is 0 Å². The van der Waals surface area contributed by atoms with E-state index in [1.807, 2.05) is 7.05 Å². The van der Waals surface area contributed by atoms with Gasteiger partial charge >= 0.3 is 5.97 Å². The van der Waals surface area contributed by atoms with Crippen molar-refractivity contribution in [3.63, 3.8) is 0 Å². The van der Waals surface area contributed by atoms with Crippen LogP contribution in [0.4, 0.5) is 5.69 Å². The summed E-state index contributed by atoms with van der Waals surface area (Å²) in [7, 11) is 1.99. The van der Waals surface area contributed by atoms with Gasteiger partial charge in [-0.3, -0.25) is 0 Å². The van der Waals surface area contributed by atoms with E-state index in [4.69, 9.17) is 9.84 Å². The summed E-state index contributed by atoms with van der Waals surface area (Å²) in [5.41, 5.74) is 0.930. The molecule has 0 bridgehead atoms. The van der Waals surface area contributed by atoms with Crippen LogP contribution in [-0.4, -0.2) is 35.3 Å². The molecule has 5 heteroatoms. The van der Waals surface area contributed by atoms with E-state index in [1.54, 1.807) is 6.07 Å². The number of hydrogen-bond donors (Lipinski definition) is 2. The monoisotopic (exact) mass is 236 g/mol. The fourth-order valence-corrected chi connectivity index (χ4v) is 2.95. The van der Waals surface area contributed by atoms with Crippen molar-refractivity contribution in [2.45, 2.75) is 31.3 Å². The number of nitrogens with one attached hydrogen (secondary N) is 1. The third-order valence-corrected chi connectivity index (χ3v) is 3.76. The van der Waals surface area contributed by atoms with Gasteiger partial charge in [-0.1, -0.05) is 0 Å². The Balaban J connectivity index is 1.97. The lowest BCUT2D eigenvalue weighted by molar-refractivity contribution is 0.0654. The van der Waals surface area contributed by atoms with Crippen LogP contribution in [0.3, 0.4) is 0 Å². The van der Waals surface area contributed by atoms with Crippen molar-refractivity contribution >= 4 is 11.7 Å². The normalized spacial score (nSPS) is 21.4. The molecule has 2 aliphatic rings. The number of ether oxygens (including phenoxy) is 1. The van der Waals surface area contributed by atoms with Crippen LogP contribution in [0.15, 0.2) is 6.07 Å². The summed E-state index contributed by atoms with van der Waals surface area (Å²) in [6.07, 6.45) is 4.49. The lowest BCUT2D eigenvalue weighted by Crippen LogP contribution is -2.47. The van der Waals surface area contributed by atoms with Crippen molar-refractivity contribution in [1.82, 2.24) is 4.98 Å². The molecule has 0 radical (unpaired) electrons. The Hall–Kier alpha value is -1.65. The van der Waals surface area contributed by atoms with Gasteiger partial charge in [-0.25, -0.2) is 4.79 Å². The lowest BCUT2D eigenvalue weighted by Gasteiger charge is -2.39. The molecule has 2 N–H and O–H groups in total. The van der Waals surface area contributed by atoms with Crippen molar-refractivity contribution in [2.24, 2.45) is 0 Å². The summed E-state index contributed by atoms with van der Waals surface area (Å²) in [5, 5.41) is 8.97. The van der Waals surface area contributed by atoms with E-state index in [9.17, 15) is 4.79 Å². The van der Waals surface area contributed by atoms with Crippen molar-refractivity contribution in [3.8, 4) is 5.88 Å². The van der Waals surface area contributed by atoms with Crippen molar-refractivity contribution in [3.05, 3.63) is 11.8 Å². The highest BCUT2D eigenvalue weighted by atomic mass is 16.5. The van der Waals surface area contributed by atoms with E-state index in [2.05, 4.69) is 9.88 Å². The quantitative estimate of drug-likeness (QED) is 0.781. The third-order valence-electron chi connectivity index (χ3n) is 3.76. The average molecular weight is 236 g/mol. The number of likely N-dealkylation sites (N-methyl/N-ethyl adjacent to an activating group) is 1. The molecule has 1 saturated carbocycles. The summed E-state index contributed by atoms with van der Waals surface area (Å²) in [5.74, 6) is -0.338. The van der Waals surface area contributed by atoms with Gasteiger partial charge in [0.2, 0.25) is 5.88 Å². The van der Waals surface area contributed by atoms with Crippen LogP contribution in [0.2, 0.25) is 0 Å². The number of carboxylic acids is 1. The zero-order chi connectivity index (χ0) is 12.0. The maximum Gasteiger partial charge on any atom is 0.352 e. The fourth-order valence-electron chi connectivity index (χ4n) is 2.95. The molecule has 92 valence electrons. The van der Waals surface area contributed by atoms with Crippen LogP contribution in [0.5, 0.6) is 5.88 Å². The molecule has 0 atom stereocenters. The van der Waals surface area contributed by atoms with E-state index in [0.29, 0.717) is 5.88 Å². The zero-order valence-electron chi connectivity index (χ0n) is 9.82. The zero-order valence-corrected chi connectivity index (χ0v) is 9.82. The number of carbonyl (C=O) groups is 1. The van der Waals surface area contributed by atoms with Gasteiger partial charge < -0.3 is 19.7 Å². The summed E-state index contributed by atoms with van der Waals surface area (Å²) in [4.78, 5) is 15.9. The first kappa shape index (κ1) is 10.5. The Morgan fingerprint density at radius 2 is 2.24 bits per heavy atom. The molecule has 0 unspecified atom stereocenters. The second-order valence-electron chi connectivity index (χ2n) is 5.05.